The van der Waals surface area contributed by atoms with Crippen molar-refractivity contribution in [1.82, 2.24) is 48.5 Å². The third-order valence-electron chi connectivity index (χ3n) is 16.1. The summed E-state index contributed by atoms with van der Waals surface area (Å²) in [4.78, 5) is 83.9. The molecule has 0 radical (unpaired) electrons. The van der Waals surface area contributed by atoms with Gasteiger partial charge in [0.1, 0.15) is 5.82 Å². The highest BCUT2D eigenvalue weighted by Gasteiger charge is 2.55. The molecule has 1 aliphatic carbocycles. The number of anilines is 2. The molecular formula is C57H64Cl2FN11O8S. The number of carbonyl (C=O) groups excluding carboxylic acids is 4. The zero-order valence-electron chi connectivity index (χ0n) is 44.9. The third kappa shape index (κ3) is 11.9. The topological polar surface area (TPSA) is 227 Å². The molecule has 6 heterocycles. The predicted octanol–water partition coefficient (Wildman–Crippen LogP) is 8.38. The Morgan fingerprint density at radius 2 is 1.52 bits per heavy atom. The predicted molar refractivity (Wildman–Crippen MR) is 299 cm³/mol. The molecule has 0 unspecified atom stereocenters. The number of carboxylic acid groups (broad SMARTS) is 1. The number of amides is 4. The van der Waals surface area contributed by atoms with E-state index >= 15 is 9.18 Å². The molecule has 23 heteroatoms. The Hall–Kier alpha value is -6.94. The first-order valence-electron chi connectivity index (χ1n) is 26.9. The molecule has 1 saturated carbocycles. The van der Waals surface area contributed by atoms with Crippen LogP contribution in [0.25, 0.3) is 16.9 Å². The van der Waals surface area contributed by atoms with E-state index in [9.17, 15) is 32.7 Å². The van der Waals surface area contributed by atoms with Gasteiger partial charge in [0.25, 0.3) is 5.91 Å². The highest BCUT2D eigenvalue weighted by atomic mass is 35.5. The maximum absolute atomic E-state index is 15.8. The zero-order chi connectivity index (χ0) is 56.8. The number of nitrogens with one attached hydrogen (secondary N) is 2. The summed E-state index contributed by atoms with van der Waals surface area (Å²) in [5.41, 5.74) is 2.52. The number of carboxylic acids is 1. The van der Waals surface area contributed by atoms with Crippen LogP contribution in [0.15, 0.2) is 91.5 Å². The highest BCUT2D eigenvalue weighted by Crippen LogP contribution is 2.54. The van der Waals surface area contributed by atoms with E-state index in [1.807, 2.05) is 49.6 Å². The molecule has 3 saturated heterocycles. The van der Waals surface area contributed by atoms with Gasteiger partial charge in [-0.15, -0.1) is 0 Å². The summed E-state index contributed by atoms with van der Waals surface area (Å²) in [6.07, 6.45) is 8.66. The Kier molecular flexibility index (Phi) is 15.9. The van der Waals surface area contributed by atoms with Crippen LogP contribution in [0.2, 0.25) is 10.0 Å². The molecule has 4 aliphatic rings. The standard InChI is InChI=1S/C57H64Cl2FN11O8S/c1-56(2,3)47(71-51(36-10-13-40(58)14-11-36)42(37-6-5-7-41(59)26-37)28-57(4,55(71)77)29-50(74)75)34-80(78,79)69-24-22-67(23-25-69)49(73)17-16-48(72)66-18-20-68(21-19-66)54(76)38-12-15-44(43(60)27-38)64-52-53-61-32-46(39-30-62-63-31-39)70(53)33-45(65-52)35-8-9-35/h5-7,10-15,26-27,30-33,35,42,47,51H,8-9,16-25,28-29,34H2,1-4H3,(H,62,63)(H,64,65)(H,74,75)/t42-,47-,51-,57-/m1/s1. The fourth-order valence-electron chi connectivity index (χ4n) is 11.5. The first-order chi connectivity index (χ1) is 38.1. The monoisotopic (exact) mass is 1150 g/mol. The summed E-state index contributed by atoms with van der Waals surface area (Å²) in [6.45, 7) is 8.22. The van der Waals surface area contributed by atoms with E-state index in [0.29, 0.717) is 33.0 Å². The van der Waals surface area contributed by atoms with Crippen molar-refractivity contribution in [3.63, 3.8) is 0 Å². The number of piperazine rings is 2. The zero-order valence-corrected chi connectivity index (χ0v) is 47.3. The van der Waals surface area contributed by atoms with Crippen LogP contribution in [0, 0.1) is 16.6 Å². The van der Waals surface area contributed by atoms with Crippen LogP contribution in [0.3, 0.4) is 0 Å². The first kappa shape index (κ1) is 56.3. The van der Waals surface area contributed by atoms with E-state index in [1.165, 1.54) is 16.4 Å². The minimum Gasteiger partial charge on any atom is -0.481 e. The molecule has 3 aromatic carbocycles. The van der Waals surface area contributed by atoms with Crippen molar-refractivity contribution in [2.24, 2.45) is 10.8 Å². The molecule has 4 amide bonds. The number of rotatable bonds is 16. The van der Waals surface area contributed by atoms with Crippen LogP contribution in [0.4, 0.5) is 15.9 Å². The molecule has 80 heavy (non-hydrogen) atoms. The molecular weight excluding hydrogens is 1090 g/mol. The molecule has 0 bridgehead atoms. The summed E-state index contributed by atoms with van der Waals surface area (Å²) in [5, 5.41) is 21.1. The van der Waals surface area contributed by atoms with Crippen molar-refractivity contribution in [3.05, 3.63) is 130 Å². The fourth-order valence-corrected chi connectivity index (χ4v) is 13.8. The second kappa shape index (κ2) is 22.5. The molecule has 422 valence electrons. The Morgan fingerprint density at radius 3 is 2.12 bits per heavy atom. The number of aromatic nitrogens is 5. The lowest BCUT2D eigenvalue weighted by atomic mass is 9.66. The van der Waals surface area contributed by atoms with Gasteiger partial charge in [-0.05, 0) is 78.3 Å². The molecule has 6 aromatic rings. The van der Waals surface area contributed by atoms with Crippen molar-refractivity contribution in [2.45, 2.75) is 90.1 Å². The van der Waals surface area contributed by atoms with Crippen molar-refractivity contribution >= 4 is 80.0 Å². The molecule has 0 spiro atoms. The number of benzene rings is 3. The summed E-state index contributed by atoms with van der Waals surface area (Å²) < 4.78 is 48.4. The van der Waals surface area contributed by atoms with Gasteiger partial charge < -0.3 is 30.0 Å². The van der Waals surface area contributed by atoms with Gasteiger partial charge >= 0.3 is 5.97 Å². The van der Waals surface area contributed by atoms with Gasteiger partial charge in [-0.1, -0.05) is 75.2 Å². The van der Waals surface area contributed by atoms with Gasteiger partial charge in [-0.3, -0.25) is 33.5 Å². The maximum atomic E-state index is 15.8. The molecule has 10 rings (SSSR count). The average molecular weight is 1150 g/mol. The van der Waals surface area contributed by atoms with Crippen LogP contribution in [-0.4, -0.2) is 156 Å². The lowest BCUT2D eigenvalue weighted by Gasteiger charge is -2.54. The largest absolute Gasteiger partial charge is 0.481 e. The molecule has 4 atom stereocenters. The Morgan fingerprint density at radius 1 is 0.863 bits per heavy atom. The number of sulfonamides is 1. The third-order valence-corrected chi connectivity index (χ3v) is 18.4. The Balaban J connectivity index is 0.741. The van der Waals surface area contributed by atoms with Crippen molar-refractivity contribution < 1.29 is 41.9 Å². The molecule has 3 aromatic heterocycles. The summed E-state index contributed by atoms with van der Waals surface area (Å²) in [5.74, 6) is -3.49. The molecule has 3 N–H and O–H groups in total. The first-order valence-corrected chi connectivity index (χ1v) is 29.3. The number of imidazole rings is 1. The van der Waals surface area contributed by atoms with E-state index < -0.39 is 68.7 Å². The van der Waals surface area contributed by atoms with E-state index in [2.05, 4.69) is 20.5 Å². The Bertz CT molecular complexity index is 3450. The van der Waals surface area contributed by atoms with Crippen LogP contribution in [-0.2, 0) is 29.2 Å². The summed E-state index contributed by atoms with van der Waals surface area (Å²) >= 11 is 12.9. The fraction of sp³-hybridized carbons (Fsp3) is 0.439. The smallest absolute Gasteiger partial charge is 0.304 e. The molecule has 4 fully saturated rings. The van der Waals surface area contributed by atoms with E-state index in [1.54, 1.807) is 81.5 Å². The number of aliphatic carboxylic acids is 1. The number of nitrogens with zero attached hydrogens (tertiary/aromatic N) is 9. The van der Waals surface area contributed by atoms with E-state index in [-0.39, 0.29) is 101 Å². The number of likely N-dealkylation sites (tertiary alicyclic amines) is 1. The van der Waals surface area contributed by atoms with Gasteiger partial charge in [0.15, 0.2) is 11.5 Å². The lowest BCUT2D eigenvalue weighted by molar-refractivity contribution is -0.162. The van der Waals surface area contributed by atoms with Crippen molar-refractivity contribution in [2.75, 3.05) is 63.4 Å². The number of piperidine rings is 1. The lowest BCUT2D eigenvalue weighted by Crippen LogP contribution is -2.61. The van der Waals surface area contributed by atoms with Crippen LogP contribution in [0.5, 0.6) is 0 Å². The maximum Gasteiger partial charge on any atom is 0.304 e. The summed E-state index contributed by atoms with van der Waals surface area (Å²) in [7, 11) is -4.12. The number of hydrogen-bond acceptors (Lipinski definition) is 11. The van der Waals surface area contributed by atoms with Crippen LogP contribution in [0.1, 0.15) is 111 Å². The second-order valence-electron chi connectivity index (χ2n) is 22.8. The van der Waals surface area contributed by atoms with Gasteiger partial charge in [0.2, 0.25) is 27.7 Å². The normalized spacial score (nSPS) is 20.8. The summed E-state index contributed by atoms with van der Waals surface area (Å²) in [6, 6.07) is 16.8. The Labute approximate surface area is 473 Å². The van der Waals surface area contributed by atoms with E-state index in [0.717, 1.165) is 35.4 Å². The quantitative estimate of drug-likeness (QED) is 0.0831. The van der Waals surface area contributed by atoms with Crippen LogP contribution < -0.4 is 5.32 Å². The van der Waals surface area contributed by atoms with Crippen molar-refractivity contribution in [1.29, 1.82) is 0 Å². The average Bonchev–Trinajstić information content (AvgIpc) is 4.10. The molecule has 19 nitrogen and oxygen atoms in total. The van der Waals surface area contributed by atoms with Gasteiger partial charge in [-0.2, -0.15) is 9.40 Å². The van der Waals surface area contributed by atoms with Gasteiger partial charge in [0, 0.05) is 111 Å². The number of halogens is 3. The van der Waals surface area contributed by atoms with E-state index in [4.69, 9.17) is 28.2 Å². The van der Waals surface area contributed by atoms with Gasteiger partial charge in [0.05, 0.1) is 59.1 Å². The number of H-pyrrole nitrogens is 1. The number of hydrogen-bond donors (Lipinski definition) is 3. The number of carbonyl (C=O) groups is 5. The number of aromatic amines is 1. The minimum atomic E-state index is -4.12. The minimum absolute atomic E-state index is 0.0110. The SMILES string of the molecule is CC(C)(C)[C@@H](CS(=O)(=O)N1CCN(C(=O)CCC(=O)N2CCN(C(=O)c3ccc(Nc4nc(C5CC5)cn5c(-c6cn[nH]c6)cnc45)c(F)c3)CC2)CC1)N1C(=O)[C@@](C)(CC(=O)O)C[C@H](c2cccc(Cl)c2)[C@H]1c1ccc(Cl)cc1. The highest BCUT2D eigenvalue weighted by molar-refractivity contribution is 7.89. The van der Waals surface area contributed by atoms with Crippen LogP contribution >= 0.6 is 23.2 Å². The number of fused-ring (bicyclic) bond motifs is 1. The molecule has 3 aliphatic heterocycles. The van der Waals surface area contributed by atoms with Gasteiger partial charge in [-0.25, -0.2) is 22.8 Å². The second-order valence-corrected chi connectivity index (χ2v) is 25.6. The van der Waals surface area contributed by atoms with Crippen molar-refractivity contribution in [3.8, 4) is 11.3 Å².